The van der Waals surface area contributed by atoms with Gasteiger partial charge in [0, 0.05) is 22.8 Å². The molecule has 118 valence electrons. The summed E-state index contributed by atoms with van der Waals surface area (Å²) in [5.41, 5.74) is 5.40. The minimum atomic E-state index is 0.618. The lowest BCUT2D eigenvalue weighted by molar-refractivity contribution is 1.41. The fourth-order valence-corrected chi connectivity index (χ4v) is 2.94. The number of aromatic nitrogens is 1. The number of nitriles is 1. The zero-order chi connectivity index (χ0) is 17.1. The average Bonchev–Trinajstić information content (AvgIpc) is 2.69. The fraction of sp³-hybridized carbons (Fsp3) is 0. The lowest BCUT2D eigenvalue weighted by Crippen LogP contribution is -1.97. The SMILES string of the molecule is N#Cc1cccc(-c2ccccc2)c1Nc1ccc2ncccc2c1. The maximum atomic E-state index is 9.54. The normalized spacial score (nSPS) is 10.4. The van der Waals surface area contributed by atoms with Crippen molar-refractivity contribution in [2.75, 3.05) is 5.32 Å². The number of nitrogens with one attached hydrogen (secondary N) is 1. The maximum Gasteiger partial charge on any atom is 0.101 e. The Kier molecular flexibility index (Phi) is 3.86. The van der Waals surface area contributed by atoms with E-state index in [1.807, 2.05) is 78.9 Å². The molecule has 0 bridgehead atoms. The van der Waals surface area contributed by atoms with Crippen LogP contribution < -0.4 is 5.32 Å². The molecule has 25 heavy (non-hydrogen) atoms. The van der Waals surface area contributed by atoms with E-state index in [-0.39, 0.29) is 0 Å². The molecule has 1 N–H and O–H groups in total. The van der Waals surface area contributed by atoms with Crippen molar-refractivity contribution >= 4 is 22.3 Å². The van der Waals surface area contributed by atoms with Gasteiger partial charge < -0.3 is 5.32 Å². The Labute approximate surface area is 146 Å². The summed E-state index contributed by atoms with van der Waals surface area (Å²) in [6, 6.07) is 28.1. The number of nitrogens with zero attached hydrogens (tertiary/aromatic N) is 2. The summed E-state index contributed by atoms with van der Waals surface area (Å²) in [5.74, 6) is 0. The summed E-state index contributed by atoms with van der Waals surface area (Å²) >= 11 is 0. The van der Waals surface area contributed by atoms with E-state index in [4.69, 9.17) is 0 Å². The maximum absolute atomic E-state index is 9.54. The lowest BCUT2D eigenvalue weighted by Gasteiger charge is -2.14. The first kappa shape index (κ1) is 14.9. The smallest absolute Gasteiger partial charge is 0.101 e. The molecule has 0 radical (unpaired) electrons. The van der Waals surface area contributed by atoms with Gasteiger partial charge in [-0.15, -0.1) is 0 Å². The van der Waals surface area contributed by atoms with E-state index in [1.165, 1.54) is 0 Å². The number of hydrogen-bond donors (Lipinski definition) is 1. The van der Waals surface area contributed by atoms with Crippen LogP contribution in [0.5, 0.6) is 0 Å². The van der Waals surface area contributed by atoms with Crippen molar-refractivity contribution in [1.29, 1.82) is 5.26 Å². The van der Waals surface area contributed by atoms with Crippen LogP contribution in [0.15, 0.2) is 85.1 Å². The Morgan fingerprint density at radius 3 is 2.56 bits per heavy atom. The van der Waals surface area contributed by atoms with E-state index in [1.54, 1.807) is 6.20 Å². The number of anilines is 2. The molecule has 0 saturated heterocycles. The van der Waals surface area contributed by atoms with Gasteiger partial charge in [-0.1, -0.05) is 48.5 Å². The summed E-state index contributed by atoms with van der Waals surface area (Å²) in [7, 11) is 0. The summed E-state index contributed by atoms with van der Waals surface area (Å²) in [6.07, 6.45) is 1.79. The van der Waals surface area contributed by atoms with Crippen LogP contribution in [-0.2, 0) is 0 Å². The molecule has 1 heterocycles. The van der Waals surface area contributed by atoms with E-state index in [0.717, 1.165) is 33.4 Å². The van der Waals surface area contributed by atoms with Crippen molar-refractivity contribution < 1.29 is 0 Å². The molecule has 4 rings (SSSR count). The molecule has 0 aliphatic heterocycles. The average molecular weight is 321 g/mol. The van der Waals surface area contributed by atoms with Gasteiger partial charge in [-0.2, -0.15) is 5.26 Å². The van der Waals surface area contributed by atoms with Crippen molar-refractivity contribution in [2.24, 2.45) is 0 Å². The number of para-hydroxylation sites is 1. The van der Waals surface area contributed by atoms with E-state index in [9.17, 15) is 5.26 Å². The molecule has 0 aliphatic rings. The Hall–Kier alpha value is -3.64. The van der Waals surface area contributed by atoms with Gasteiger partial charge in [-0.25, -0.2) is 0 Å². The standard InChI is InChI=1S/C22H15N3/c23-15-18-8-4-10-20(16-6-2-1-3-7-16)22(18)25-19-11-12-21-17(14-19)9-5-13-24-21/h1-14,25H. The van der Waals surface area contributed by atoms with E-state index in [2.05, 4.69) is 16.4 Å². The van der Waals surface area contributed by atoms with Crippen molar-refractivity contribution in [2.45, 2.75) is 0 Å². The molecule has 0 amide bonds. The van der Waals surface area contributed by atoms with Gasteiger partial charge in [0.25, 0.3) is 0 Å². The molecular weight excluding hydrogens is 306 g/mol. The van der Waals surface area contributed by atoms with Crippen LogP contribution >= 0.6 is 0 Å². The predicted octanol–water partition coefficient (Wildman–Crippen LogP) is 5.52. The minimum absolute atomic E-state index is 0.618. The van der Waals surface area contributed by atoms with Crippen LogP contribution in [0.25, 0.3) is 22.0 Å². The third kappa shape index (κ3) is 2.93. The van der Waals surface area contributed by atoms with E-state index in [0.29, 0.717) is 5.56 Å². The molecule has 3 heteroatoms. The number of benzene rings is 3. The summed E-state index contributed by atoms with van der Waals surface area (Å²) in [4.78, 5) is 4.35. The molecule has 0 spiro atoms. The van der Waals surface area contributed by atoms with Gasteiger partial charge in [0.15, 0.2) is 0 Å². The molecule has 0 unspecified atom stereocenters. The van der Waals surface area contributed by atoms with Crippen molar-refractivity contribution in [1.82, 2.24) is 4.98 Å². The highest BCUT2D eigenvalue weighted by Crippen LogP contribution is 2.33. The predicted molar refractivity (Wildman–Crippen MR) is 102 cm³/mol. The van der Waals surface area contributed by atoms with Crippen molar-refractivity contribution in [3.8, 4) is 17.2 Å². The Morgan fingerprint density at radius 2 is 1.72 bits per heavy atom. The van der Waals surface area contributed by atoms with Crippen LogP contribution in [0.3, 0.4) is 0 Å². The highest BCUT2D eigenvalue weighted by Gasteiger charge is 2.10. The van der Waals surface area contributed by atoms with Crippen LogP contribution in [0.1, 0.15) is 5.56 Å². The number of rotatable bonds is 3. The summed E-state index contributed by atoms with van der Waals surface area (Å²) < 4.78 is 0. The van der Waals surface area contributed by atoms with Gasteiger partial charge in [-0.3, -0.25) is 4.98 Å². The largest absolute Gasteiger partial charge is 0.354 e. The minimum Gasteiger partial charge on any atom is -0.354 e. The third-order valence-electron chi connectivity index (χ3n) is 4.14. The Morgan fingerprint density at radius 1 is 0.840 bits per heavy atom. The number of hydrogen-bond acceptors (Lipinski definition) is 3. The molecule has 0 saturated carbocycles. The second kappa shape index (κ2) is 6.46. The fourth-order valence-electron chi connectivity index (χ4n) is 2.94. The summed E-state index contributed by atoms with van der Waals surface area (Å²) in [5, 5.41) is 14.0. The number of fused-ring (bicyclic) bond motifs is 1. The first-order valence-electron chi connectivity index (χ1n) is 8.05. The van der Waals surface area contributed by atoms with E-state index >= 15 is 0 Å². The molecule has 0 atom stereocenters. The third-order valence-corrected chi connectivity index (χ3v) is 4.14. The highest BCUT2D eigenvalue weighted by molar-refractivity contribution is 5.88. The van der Waals surface area contributed by atoms with Crippen molar-refractivity contribution in [3.05, 3.63) is 90.6 Å². The molecule has 3 nitrogen and oxygen atoms in total. The molecule has 4 aromatic rings. The quantitative estimate of drug-likeness (QED) is 0.540. The first-order chi connectivity index (χ1) is 12.3. The van der Waals surface area contributed by atoms with E-state index < -0.39 is 0 Å². The highest BCUT2D eigenvalue weighted by atomic mass is 14.9. The van der Waals surface area contributed by atoms with Gasteiger partial charge in [-0.05, 0) is 35.9 Å². The first-order valence-corrected chi connectivity index (χ1v) is 8.05. The lowest BCUT2D eigenvalue weighted by atomic mass is 10.00. The zero-order valence-electron chi connectivity index (χ0n) is 13.5. The molecular formula is C22H15N3. The molecule has 1 aromatic heterocycles. The van der Waals surface area contributed by atoms with Crippen LogP contribution in [0, 0.1) is 11.3 Å². The van der Waals surface area contributed by atoms with Crippen molar-refractivity contribution in [3.63, 3.8) is 0 Å². The molecule has 0 aliphatic carbocycles. The molecule has 3 aromatic carbocycles. The van der Waals surface area contributed by atoms with Gasteiger partial charge >= 0.3 is 0 Å². The van der Waals surface area contributed by atoms with Gasteiger partial charge in [0.2, 0.25) is 0 Å². The van der Waals surface area contributed by atoms with Crippen LogP contribution in [-0.4, -0.2) is 4.98 Å². The number of pyridine rings is 1. The second-order valence-electron chi connectivity index (χ2n) is 5.74. The van der Waals surface area contributed by atoms with Crippen LogP contribution in [0.4, 0.5) is 11.4 Å². The van der Waals surface area contributed by atoms with Crippen LogP contribution in [0.2, 0.25) is 0 Å². The Balaban J connectivity index is 1.82. The molecule has 0 fully saturated rings. The summed E-state index contributed by atoms with van der Waals surface area (Å²) in [6.45, 7) is 0. The van der Waals surface area contributed by atoms with Gasteiger partial charge in [0.1, 0.15) is 6.07 Å². The van der Waals surface area contributed by atoms with Gasteiger partial charge in [0.05, 0.1) is 16.8 Å². The topological polar surface area (TPSA) is 48.7 Å². The Bertz CT molecular complexity index is 1080. The zero-order valence-corrected chi connectivity index (χ0v) is 13.5. The second-order valence-corrected chi connectivity index (χ2v) is 5.74. The monoisotopic (exact) mass is 321 g/mol.